The summed E-state index contributed by atoms with van der Waals surface area (Å²) in [5, 5.41) is 3.25. The van der Waals surface area contributed by atoms with Gasteiger partial charge in [0.25, 0.3) is 0 Å². The highest BCUT2D eigenvalue weighted by molar-refractivity contribution is 7.92. The van der Waals surface area contributed by atoms with Crippen LogP contribution in [0.4, 0.5) is 11.4 Å². The molecule has 0 aliphatic rings. The van der Waals surface area contributed by atoms with Gasteiger partial charge in [-0.1, -0.05) is 49.7 Å². The molecule has 0 spiro atoms. The number of nitrogens with zero attached hydrogens (tertiary/aromatic N) is 1. The number of amides is 1. The van der Waals surface area contributed by atoms with Crippen molar-refractivity contribution in [3.8, 4) is 0 Å². The van der Waals surface area contributed by atoms with Crippen LogP contribution in [0.25, 0.3) is 0 Å². The van der Waals surface area contributed by atoms with Crippen molar-refractivity contribution in [2.45, 2.75) is 32.7 Å². The monoisotopic (exact) mass is 394 g/mol. The fourth-order valence-corrected chi connectivity index (χ4v) is 4.12. The van der Waals surface area contributed by atoms with Crippen molar-refractivity contribution in [2.24, 2.45) is 0 Å². The average Bonchev–Trinajstić information content (AvgIpc) is 2.54. The Morgan fingerprint density at radius 2 is 1.73 bits per heavy atom. The topological polar surface area (TPSA) is 66.5 Å². The van der Waals surface area contributed by atoms with E-state index in [1.807, 2.05) is 38.1 Å². The van der Waals surface area contributed by atoms with E-state index in [1.54, 1.807) is 25.1 Å². The number of carbonyl (C=O) groups is 1. The molecule has 0 saturated heterocycles. The minimum Gasteiger partial charge on any atom is -0.324 e. The third-order valence-electron chi connectivity index (χ3n) is 3.99. The Balaban J connectivity index is 2.35. The molecular weight excluding hydrogens is 372 g/mol. The molecule has 2 aromatic rings. The summed E-state index contributed by atoms with van der Waals surface area (Å²) in [5.74, 6) is -0.191. The molecule has 0 saturated carbocycles. The summed E-state index contributed by atoms with van der Waals surface area (Å²) in [6.07, 6.45) is 1.07. The van der Waals surface area contributed by atoms with Crippen LogP contribution in [0.5, 0.6) is 0 Å². The maximum absolute atomic E-state index is 12.8. The van der Waals surface area contributed by atoms with Gasteiger partial charge in [0, 0.05) is 10.7 Å². The molecule has 140 valence electrons. The zero-order valence-corrected chi connectivity index (χ0v) is 16.8. The summed E-state index contributed by atoms with van der Waals surface area (Å²) in [7, 11) is -3.68. The number of sulfonamides is 1. The van der Waals surface area contributed by atoms with Crippen LogP contribution in [0.2, 0.25) is 5.02 Å². The molecule has 0 aromatic heterocycles. The van der Waals surface area contributed by atoms with E-state index in [0.29, 0.717) is 16.4 Å². The van der Waals surface area contributed by atoms with Crippen LogP contribution in [-0.4, -0.2) is 26.6 Å². The number of benzene rings is 2. The highest BCUT2D eigenvalue weighted by Crippen LogP contribution is 2.27. The van der Waals surface area contributed by atoms with Gasteiger partial charge in [-0.15, -0.1) is 0 Å². The normalized spacial score (nSPS) is 12.7. The summed E-state index contributed by atoms with van der Waals surface area (Å²) < 4.78 is 25.7. The van der Waals surface area contributed by atoms with Gasteiger partial charge < -0.3 is 5.32 Å². The van der Waals surface area contributed by atoms with Gasteiger partial charge >= 0.3 is 0 Å². The highest BCUT2D eigenvalue weighted by atomic mass is 35.5. The molecule has 2 rings (SSSR count). The predicted octanol–water partition coefficient (Wildman–Crippen LogP) is 4.26. The van der Waals surface area contributed by atoms with Gasteiger partial charge in [0.05, 0.1) is 11.9 Å². The van der Waals surface area contributed by atoms with Crippen molar-refractivity contribution in [1.29, 1.82) is 0 Å². The number of hydrogen-bond acceptors (Lipinski definition) is 3. The summed E-state index contributed by atoms with van der Waals surface area (Å²) in [6.45, 7) is 5.61. The second-order valence-electron chi connectivity index (χ2n) is 6.45. The number of hydrogen-bond donors (Lipinski definition) is 1. The maximum atomic E-state index is 12.8. The van der Waals surface area contributed by atoms with E-state index in [0.717, 1.165) is 16.1 Å². The number of anilines is 2. The van der Waals surface area contributed by atoms with E-state index >= 15 is 0 Å². The van der Waals surface area contributed by atoms with E-state index in [-0.39, 0.29) is 5.92 Å². The first-order valence-corrected chi connectivity index (χ1v) is 10.5. The molecule has 26 heavy (non-hydrogen) atoms. The second-order valence-corrected chi connectivity index (χ2v) is 8.74. The quantitative estimate of drug-likeness (QED) is 0.796. The molecule has 0 aliphatic heterocycles. The lowest BCUT2D eigenvalue weighted by molar-refractivity contribution is -0.116. The minimum absolute atomic E-state index is 0.223. The van der Waals surface area contributed by atoms with E-state index in [9.17, 15) is 13.2 Å². The molecule has 0 heterocycles. The summed E-state index contributed by atoms with van der Waals surface area (Å²) in [6, 6.07) is 13.0. The first-order valence-electron chi connectivity index (χ1n) is 8.26. The van der Waals surface area contributed by atoms with Gasteiger partial charge in [0.1, 0.15) is 6.04 Å². The minimum atomic E-state index is -3.68. The molecule has 0 bridgehead atoms. The zero-order valence-electron chi connectivity index (χ0n) is 15.2. The number of nitrogens with one attached hydrogen (secondary N) is 1. The SMILES string of the molecule is CC(C)c1ccccc1NC(=O)C(C)N(c1cccc(Cl)c1)S(C)(=O)=O. The van der Waals surface area contributed by atoms with Crippen LogP contribution in [0, 0.1) is 0 Å². The molecular formula is C19H23ClN2O3S. The van der Waals surface area contributed by atoms with E-state index < -0.39 is 22.0 Å². The smallest absolute Gasteiger partial charge is 0.248 e. The number of rotatable bonds is 6. The standard InChI is InChI=1S/C19H23ClN2O3S/c1-13(2)17-10-5-6-11-18(17)21-19(23)14(3)22(26(4,24)25)16-9-7-8-15(20)12-16/h5-14H,1-4H3,(H,21,23). The lowest BCUT2D eigenvalue weighted by atomic mass is 10.0. The largest absolute Gasteiger partial charge is 0.324 e. The third kappa shape index (κ3) is 4.77. The second kappa shape index (κ2) is 8.10. The molecule has 5 nitrogen and oxygen atoms in total. The van der Waals surface area contributed by atoms with E-state index in [4.69, 9.17) is 11.6 Å². The van der Waals surface area contributed by atoms with Gasteiger partial charge in [0.15, 0.2) is 0 Å². The Labute approximate surface area is 160 Å². The first-order chi connectivity index (χ1) is 12.1. The van der Waals surface area contributed by atoms with Gasteiger partial charge in [-0.3, -0.25) is 9.10 Å². The molecule has 2 aromatic carbocycles. The Morgan fingerprint density at radius 1 is 1.08 bits per heavy atom. The zero-order chi connectivity index (χ0) is 19.5. The van der Waals surface area contributed by atoms with Crippen molar-refractivity contribution in [3.63, 3.8) is 0 Å². The van der Waals surface area contributed by atoms with Crippen LogP contribution in [0.15, 0.2) is 48.5 Å². The Hall–Kier alpha value is -2.05. The van der Waals surface area contributed by atoms with Gasteiger partial charge in [0.2, 0.25) is 15.9 Å². The van der Waals surface area contributed by atoms with Crippen molar-refractivity contribution >= 4 is 38.9 Å². The van der Waals surface area contributed by atoms with Crippen molar-refractivity contribution in [3.05, 3.63) is 59.1 Å². The molecule has 1 N–H and O–H groups in total. The highest BCUT2D eigenvalue weighted by Gasteiger charge is 2.29. The Morgan fingerprint density at radius 3 is 2.31 bits per heavy atom. The maximum Gasteiger partial charge on any atom is 0.248 e. The molecule has 0 aliphatic carbocycles. The van der Waals surface area contributed by atoms with E-state index in [1.165, 1.54) is 6.07 Å². The average molecular weight is 395 g/mol. The number of para-hydroxylation sites is 1. The molecule has 0 radical (unpaired) electrons. The van der Waals surface area contributed by atoms with Crippen LogP contribution in [0.3, 0.4) is 0 Å². The van der Waals surface area contributed by atoms with Gasteiger partial charge in [-0.25, -0.2) is 8.42 Å². The van der Waals surface area contributed by atoms with E-state index in [2.05, 4.69) is 5.32 Å². The molecule has 7 heteroatoms. The summed E-state index contributed by atoms with van der Waals surface area (Å²) in [4.78, 5) is 12.8. The third-order valence-corrected chi connectivity index (χ3v) is 5.47. The molecule has 1 amide bonds. The van der Waals surface area contributed by atoms with Crippen LogP contribution >= 0.6 is 11.6 Å². The number of halogens is 1. The fourth-order valence-electron chi connectivity index (χ4n) is 2.77. The number of carbonyl (C=O) groups excluding carboxylic acids is 1. The summed E-state index contributed by atoms with van der Waals surface area (Å²) >= 11 is 5.99. The molecule has 1 atom stereocenters. The van der Waals surface area contributed by atoms with Crippen molar-refractivity contribution in [1.82, 2.24) is 0 Å². The Bertz CT molecular complexity index is 897. The van der Waals surface area contributed by atoms with Crippen LogP contribution < -0.4 is 9.62 Å². The van der Waals surface area contributed by atoms with Crippen molar-refractivity contribution in [2.75, 3.05) is 15.9 Å². The predicted molar refractivity (Wildman–Crippen MR) is 107 cm³/mol. The lowest BCUT2D eigenvalue weighted by Crippen LogP contribution is -2.45. The molecule has 0 fully saturated rings. The fraction of sp³-hybridized carbons (Fsp3) is 0.316. The van der Waals surface area contributed by atoms with Gasteiger partial charge in [-0.2, -0.15) is 0 Å². The molecule has 1 unspecified atom stereocenters. The van der Waals surface area contributed by atoms with Crippen LogP contribution in [-0.2, 0) is 14.8 Å². The Kier molecular flexibility index (Phi) is 6.31. The van der Waals surface area contributed by atoms with Gasteiger partial charge in [-0.05, 0) is 42.7 Å². The van der Waals surface area contributed by atoms with Crippen molar-refractivity contribution < 1.29 is 13.2 Å². The first kappa shape index (κ1) is 20.3. The lowest BCUT2D eigenvalue weighted by Gasteiger charge is -2.28. The summed E-state index contributed by atoms with van der Waals surface area (Å²) in [5.41, 5.74) is 2.01. The van der Waals surface area contributed by atoms with Crippen LogP contribution in [0.1, 0.15) is 32.3 Å².